The average molecular weight is 395 g/mol. The molecule has 3 heterocycles. The fourth-order valence-corrected chi connectivity index (χ4v) is 3.43. The second-order valence-corrected chi connectivity index (χ2v) is 8.21. The van der Waals surface area contributed by atoms with E-state index in [2.05, 4.69) is 30.7 Å². The van der Waals surface area contributed by atoms with E-state index in [4.69, 9.17) is 4.74 Å². The third-order valence-electron chi connectivity index (χ3n) is 4.66. The molecule has 0 aromatic carbocycles. The first-order valence-corrected chi connectivity index (χ1v) is 9.75. The number of anilines is 1. The van der Waals surface area contributed by atoms with Crippen LogP contribution in [0, 0.1) is 0 Å². The van der Waals surface area contributed by atoms with Crippen LogP contribution in [0.4, 0.5) is 10.7 Å². The lowest BCUT2D eigenvalue weighted by Crippen LogP contribution is -2.38. The molecule has 2 atom stereocenters. The molecule has 3 aromatic heterocycles. The number of ether oxygens (including phenoxy) is 1. The smallest absolute Gasteiger partial charge is 0.407 e. The Labute approximate surface area is 168 Å². The summed E-state index contributed by atoms with van der Waals surface area (Å²) in [7, 11) is 0. The van der Waals surface area contributed by atoms with Crippen molar-refractivity contribution < 1.29 is 9.53 Å². The van der Waals surface area contributed by atoms with Gasteiger partial charge < -0.3 is 15.4 Å². The number of alkyl carbamates (subject to hydrolysis) is 1. The van der Waals surface area contributed by atoms with Crippen molar-refractivity contribution in [1.29, 1.82) is 0 Å². The molecule has 1 aliphatic rings. The highest BCUT2D eigenvalue weighted by molar-refractivity contribution is 5.68. The molecule has 0 saturated heterocycles. The Morgan fingerprint density at radius 2 is 1.90 bits per heavy atom. The van der Waals surface area contributed by atoms with Gasteiger partial charge in [-0.25, -0.2) is 24.3 Å². The molecular weight excluding hydrogens is 370 g/mol. The number of hydrogen-bond donors (Lipinski definition) is 2. The van der Waals surface area contributed by atoms with Gasteiger partial charge in [-0.15, -0.1) is 0 Å². The molecular formula is C20H25N7O2. The van der Waals surface area contributed by atoms with Gasteiger partial charge in [0.2, 0.25) is 5.95 Å². The second kappa shape index (κ2) is 7.65. The van der Waals surface area contributed by atoms with Crippen molar-refractivity contribution in [2.75, 3.05) is 5.32 Å². The number of carbonyl (C=O) groups is 1. The monoisotopic (exact) mass is 395 g/mol. The molecule has 29 heavy (non-hydrogen) atoms. The number of nitrogens with one attached hydrogen (secondary N) is 2. The standard InChI is InChI=1S/C20H25N7O2/c1-20(2,3)29-19(28)24-14-5-4-13(12-14)23-18-21-9-6-15(26-18)16-8-11-27-17(25-16)7-10-22-27/h6-11,13-14H,4-5,12H2,1-3H3,(H,24,28)(H,21,23,26)/t13-,14+/m1/s1. The third kappa shape index (κ3) is 4.79. The Balaban J connectivity index is 1.38. The van der Waals surface area contributed by atoms with Crippen LogP contribution in [0.5, 0.6) is 0 Å². The van der Waals surface area contributed by atoms with E-state index in [0.717, 1.165) is 36.3 Å². The number of rotatable bonds is 4. The minimum atomic E-state index is -0.497. The summed E-state index contributed by atoms with van der Waals surface area (Å²) in [6, 6.07) is 5.83. The van der Waals surface area contributed by atoms with Crippen LogP contribution in [0.2, 0.25) is 0 Å². The van der Waals surface area contributed by atoms with Crippen LogP contribution in [0.15, 0.2) is 36.8 Å². The van der Waals surface area contributed by atoms with E-state index < -0.39 is 5.60 Å². The minimum absolute atomic E-state index is 0.0801. The molecule has 1 fully saturated rings. The largest absolute Gasteiger partial charge is 0.444 e. The zero-order valence-corrected chi connectivity index (χ0v) is 16.8. The molecule has 1 aliphatic carbocycles. The Bertz CT molecular complexity index is 1010. The number of nitrogens with zero attached hydrogens (tertiary/aromatic N) is 5. The molecule has 2 N–H and O–H groups in total. The van der Waals surface area contributed by atoms with Crippen LogP contribution in [0.25, 0.3) is 17.0 Å². The molecule has 152 valence electrons. The minimum Gasteiger partial charge on any atom is -0.444 e. The van der Waals surface area contributed by atoms with Crippen molar-refractivity contribution in [2.45, 2.75) is 57.7 Å². The SMILES string of the molecule is CC(C)(C)OC(=O)N[C@H]1CC[C@@H](Nc2nccc(-c3ccn4nccc4n3)n2)C1. The quantitative estimate of drug-likeness (QED) is 0.699. The van der Waals surface area contributed by atoms with Crippen LogP contribution >= 0.6 is 0 Å². The summed E-state index contributed by atoms with van der Waals surface area (Å²) in [6.07, 6.45) is 7.52. The fourth-order valence-electron chi connectivity index (χ4n) is 3.43. The van der Waals surface area contributed by atoms with Gasteiger partial charge in [0.05, 0.1) is 17.6 Å². The predicted molar refractivity (Wildman–Crippen MR) is 108 cm³/mol. The normalized spacial score (nSPS) is 19.3. The lowest BCUT2D eigenvalue weighted by molar-refractivity contribution is 0.0505. The van der Waals surface area contributed by atoms with Crippen LogP contribution in [0.3, 0.4) is 0 Å². The molecule has 0 radical (unpaired) electrons. The summed E-state index contributed by atoms with van der Waals surface area (Å²) in [5, 5.41) is 10.5. The molecule has 9 nitrogen and oxygen atoms in total. The molecule has 0 unspecified atom stereocenters. The zero-order chi connectivity index (χ0) is 20.4. The zero-order valence-electron chi connectivity index (χ0n) is 16.8. The van der Waals surface area contributed by atoms with Gasteiger partial charge in [-0.05, 0) is 52.2 Å². The van der Waals surface area contributed by atoms with Gasteiger partial charge in [-0.2, -0.15) is 5.10 Å². The molecule has 3 aromatic rings. The summed E-state index contributed by atoms with van der Waals surface area (Å²) >= 11 is 0. The molecule has 0 bridgehead atoms. The van der Waals surface area contributed by atoms with E-state index in [1.807, 2.05) is 45.2 Å². The van der Waals surface area contributed by atoms with E-state index >= 15 is 0 Å². The summed E-state index contributed by atoms with van der Waals surface area (Å²) < 4.78 is 7.04. The maximum atomic E-state index is 12.0. The van der Waals surface area contributed by atoms with Crippen molar-refractivity contribution in [1.82, 2.24) is 29.9 Å². The molecule has 4 rings (SSSR count). The van der Waals surface area contributed by atoms with E-state index in [1.165, 1.54) is 0 Å². The summed E-state index contributed by atoms with van der Waals surface area (Å²) in [5.41, 5.74) is 1.78. The van der Waals surface area contributed by atoms with E-state index in [-0.39, 0.29) is 18.2 Å². The highest BCUT2D eigenvalue weighted by Crippen LogP contribution is 2.23. The number of amides is 1. The van der Waals surface area contributed by atoms with Gasteiger partial charge >= 0.3 is 6.09 Å². The van der Waals surface area contributed by atoms with Gasteiger partial charge in [0.1, 0.15) is 5.60 Å². The van der Waals surface area contributed by atoms with Crippen molar-refractivity contribution in [3.05, 3.63) is 36.8 Å². The Kier molecular flexibility index (Phi) is 5.04. The molecule has 1 saturated carbocycles. The lowest BCUT2D eigenvalue weighted by Gasteiger charge is -2.21. The predicted octanol–water partition coefficient (Wildman–Crippen LogP) is 3.04. The topological polar surface area (TPSA) is 106 Å². The Morgan fingerprint density at radius 1 is 1.10 bits per heavy atom. The average Bonchev–Trinajstić information content (AvgIpc) is 3.29. The second-order valence-electron chi connectivity index (χ2n) is 8.21. The first kappa shape index (κ1) is 19.1. The lowest BCUT2D eigenvalue weighted by atomic mass is 10.2. The highest BCUT2D eigenvalue weighted by Gasteiger charge is 2.28. The maximum Gasteiger partial charge on any atom is 0.407 e. The maximum absolute atomic E-state index is 12.0. The molecule has 1 amide bonds. The van der Waals surface area contributed by atoms with Gasteiger partial charge in [-0.3, -0.25) is 0 Å². The summed E-state index contributed by atoms with van der Waals surface area (Å²) in [5.74, 6) is 0.556. The molecule has 0 spiro atoms. The van der Waals surface area contributed by atoms with Crippen molar-refractivity contribution >= 4 is 17.7 Å². The van der Waals surface area contributed by atoms with Gasteiger partial charge in [0.25, 0.3) is 0 Å². The molecule has 9 heteroatoms. The first-order valence-electron chi connectivity index (χ1n) is 9.75. The van der Waals surface area contributed by atoms with E-state index in [1.54, 1.807) is 16.9 Å². The third-order valence-corrected chi connectivity index (χ3v) is 4.66. The number of carbonyl (C=O) groups excluding carboxylic acids is 1. The van der Waals surface area contributed by atoms with Crippen molar-refractivity contribution in [2.24, 2.45) is 0 Å². The summed E-state index contributed by atoms with van der Waals surface area (Å²) in [6.45, 7) is 5.57. The first-order chi connectivity index (χ1) is 13.9. The van der Waals surface area contributed by atoms with Gasteiger partial charge in [0.15, 0.2) is 5.65 Å². The van der Waals surface area contributed by atoms with Crippen molar-refractivity contribution in [3.8, 4) is 11.4 Å². The van der Waals surface area contributed by atoms with Gasteiger partial charge in [-0.1, -0.05) is 0 Å². The Hall–Kier alpha value is -3.23. The van der Waals surface area contributed by atoms with Crippen LogP contribution < -0.4 is 10.6 Å². The summed E-state index contributed by atoms with van der Waals surface area (Å²) in [4.78, 5) is 25.5. The number of aromatic nitrogens is 5. The number of fused-ring (bicyclic) bond motifs is 1. The molecule has 0 aliphatic heterocycles. The van der Waals surface area contributed by atoms with Gasteiger partial charge in [0, 0.05) is 30.5 Å². The van der Waals surface area contributed by atoms with E-state index in [0.29, 0.717) is 5.95 Å². The van der Waals surface area contributed by atoms with E-state index in [9.17, 15) is 4.79 Å². The fraction of sp³-hybridized carbons (Fsp3) is 0.450. The van der Waals surface area contributed by atoms with Crippen LogP contribution in [0.1, 0.15) is 40.0 Å². The Morgan fingerprint density at radius 3 is 2.72 bits per heavy atom. The van der Waals surface area contributed by atoms with Crippen LogP contribution in [-0.4, -0.2) is 48.3 Å². The van der Waals surface area contributed by atoms with Crippen molar-refractivity contribution in [3.63, 3.8) is 0 Å². The number of hydrogen-bond acceptors (Lipinski definition) is 7. The highest BCUT2D eigenvalue weighted by atomic mass is 16.6. The van der Waals surface area contributed by atoms with Crippen LogP contribution in [-0.2, 0) is 4.74 Å².